The Morgan fingerprint density at radius 3 is 2.58 bits per heavy atom. The molecule has 0 fully saturated rings. The van der Waals surface area contributed by atoms with Crippen molar-refractivity contribution in [3.8, 4) is 0 Å². The van der Waals surface area contributed by atoms with E-state index in [-0.39, 0.29) is 17.6 Å². The molecule has 4 rings (SSSR count). The predicted molar refractivity (Wildman–Crippen MR) is 124 cm³/mol. The van der Waals surface area contributed by atoms with Crippen molar-refractivity contribution in [1.82, 2.24) is 14.9 Å². The van der Waals surface area contributed by atoms with E-state index in [1.54, 1.807) is 23.9 Å². The molecule has 1 atom stereocenters. The summed E-state index contributed by atoms with van der Waals surface area (Å²) in [7, 11) is 1.95. The first kappa shape index (κ1) is 21.1. The molecular formula is C25H24FN3OS. The van der Waals surface area contributed by atoms with Gasteiger partial charge in [0.25, 0.3) is 5.91 Å². The first-order valence-corrected chi connectivity index (χ1v) is 11.2. The average molecular weight is 434 g/mol. The predicted octanol–water partition coefficient (Wildman–Crippen LogP) is 5.54. The second kappa shape index (κ2) is 9.35. The third-order valence-corrected chi connectivity index (χ3v) is 6.42. The molecule has 0 spiro atoms. The molecule has 31 heavy (non-hydrogen) atoms. The quantitative estimate of drug-likeness (QED) is 0.389. The van der Waals surface area contributed by atoms with Gasteiger partial charge in [0.15, 0.2) is 5.16 Å². The van der Waals surface area contributed by atoms with Gasteiger partial charge in [0.2, 0.25) is 0 Å². The zero-order chi connectivity index (χ0) is 21.8. The molecule has 0 radical (unpaired) electrons. The van der Waals surface area contributed by atoms with Gasteiger partial charge in [0.05, 0.1) is 11.0 Å². The van der Waals surface area contributed by atoms with E-state index in [0.717, 1.165) is 21.8 Å². The number of imidazole rings is 1. The molecule has 1 aromatic heterocycles. The largest absolute Gasteiger partial charge is 0.351 e. The maximum Gasteiger partial charge on any atom is 0.251 e. The maximum absolute atomic E-state index is 13.1. The number of amides is 1. The van der Waals surface area contributed by atoms with Gasteiger partial charge in [-0.15, -0.1) is 0 Å². The smallest absolute Gasteiger partial charge is 0.251 e. The standard InChI is InChI=1S/C25H24FN3OS/c1-17(19-6-4-3-5-7-19)15-27-24(30)20-10-13-22-23(14-20)29(2)25(28-22)31-16-18-8-11-21(26)12-9-18/h3-14,17H,15-16H2,1-2H3,(H,27,30)/t17-/m0/s1. The van der Waals surface area contributed by atoms with Crippen LogP contribution >= 0.6 is 11.8 Å². The van der Waals surface area contributed by atoms with Crippen molar-refractivity contribution in [3.05, 3.63) is 95.3 Å². The minimum Gasteiger partial charge on any atom is -0.351 e. The molecule has 0 aliphatic rings. The van der Waals surface area contributed by atoms with Crippen molar-refractivity contribution in [2.45, 2.75) is 23.8 Å². The summed E-state index contributed by atoms with van der Waals surface area (Å²) in [6.45, 7) is 2.68. The Morgan fingerprint density at radius 1 is 1.10 bits per heavy atom. The van der Waals surface area contributed by atoms with Gasteiger partial charge in [0, 0.05) is 24.9 Å². The Balaban J connectivity index is 1.44. The SMILES string of the molecule is C[C@@H](CNC(=O)c1ccc2nc(SCc3ccc(F)cc3)n(C)c2c1)c1ccccc1. The minimum atomic E-state index is -0.236. The fraction of sp³-hybridized carbons (Fsp3) is 0.200. The molecule has 3 aromatic carbocycles. The number of nitrogens with zero attached hydrogens (tertiary/aromatic N) is 2. The monoisotopic (exact) mass is 433 g/mol. The number of hydrogen-bond acceptors (Lipinski definition) is 3. The third-order valence-electron chi connectivity index (χ3n) is 5.32. The highest BCUT2D eigenvalue weighted by Crippen LogP contribution is 2.26. The van der Waals surface area contributed by atoms with Crippen LogP contribution in [0.2, 0.25) is 0 Å². The van der Waals surface area contributed by atoms with Crippen molar-refractivity contribution in [1.29, 1.82) is 0 Å². The number of rotatable bonds is 7. The summed E-state index contributed by atoms with van der Waals surface area (Å²) in [5.41, 5.74) is 4.60. The zero-order valence-corrected chi connectivity index (χ0v) is 18.3. The second-order valence-corrected chi connectivity index (χ2v) is 8.54. The maximum atomic E-state index is 13.1. The minimum absolute atomic E-state index is 0.0913. The Morgan fingerprint density at radius 2 is 1.84 bits per heavy atom. The number of hydrogen-bond donors (Lipinski definition) is 1. The molecule has 4 nitrogen and oxygen atoms in total. The summed E-state index contributed by atoms with van der Waals surface area (Å²) in [4.78, 5) is 17.4. The number of halogens is 1. The molecule has 1 N–H and O–H groups in total. The van der Waals surface area contributed by atoms with E-state index >= 15 is 0 Å². The Labute approximate surface area is 185 Å². The van der Waals surface area contributed by atoms with E-state index < -0.39 is 0 Å². The fourth-order valence-electron chi connectivity index (χ4n) is 3.41. The molecule has 4 aromatic rings. The highest BCUT2D eigenvalue weighted by Gasteiger charge is 2.13. The summed E-state index contributed by atoms with van der Waals surface area (Å²) in [5.74, 6) is 0.606. The van der Waals surface area contributed by atoms with Crippen molar-refractivity contribution in [3.63, 3.8) is 0 Å². The van der Waals surface area contributed by atoms with Crippen LogP contribution in [-0.4, -0.2) is 22.0 Å². The van der Waals surface area contributed by atoms with Crippen molar-refractivity contribution >= 4 is 28.7 Å². The van der Waals surface area contributed by atoms with Crippen LogP contribution in [0.25, 0.3) is 11.0 Å². The lowest BCUT2D eigenvalue weighted by molar-refractivity contribution is 0.0952. The van der Waals surface area contributed by atoms with Crippen molar-refractivity contribution in [2.24, 2.45) is 7.05 Å². The van der Waals surface area contributed by atoms with Gasteiger partial charge in [-0.05, 0) is 47.4 Å². The number of thioether (sulfide) groups is 1. The van der Waals surface area contributed by atoms with Crippen LogP contribution in [0.15, 0.2) is 78.0 Å². The van der Waals surface area contributed by atoms with Crippen LogP contribution in [0.4, 0.5) is 4.39 Å². The summed E-state index contributed by atoms with van der Waals surface area (Å²) < 4.78 is 15.1. The van der Waals surface area contributed by atoms with E-state index in [1.807, 2.05) is 48.0 Å². The van der Waals surface area contributed by atoms with Crippen LogP contribution in [0.3, 0.4) is 0 Å². The van der Waals surface area contributed by atoms with Crippen LogP contribution in [0.5, 0.6) is 0 Å². The van der Waals surface area contributed by atoms with E-state index in [9.17, 15) is 9.18 Å². The normalized spacial score (nSPS) is 12.1. The molecule has 1 heterocycles. The molecule has 0 bridgehead atoms. The molecule has 0 aliphatic carbocycles. The first-order chi connectivity index (χ1) is 15.0. The Kier molecular flexibility index (Phi) is 6.37. The summed E-state index contributed by atoms with van der Waals surface area (Å²) >= 11 is 1.59. The molecular weight excluding hydrogens is 409 g/mol. The summed E-state index contributed by atoms with van der Waals surface area (Å²) in [5, 5.41) is 3.89. The van der Waals surface area contributed by atoms with E-state index in [1.165, 1.54) is 17.7 Å². The third kappa shape index (κ3) is 4.97. The van der Waals surface area contributed by atoms with E-state index in [0.29, 0.717) is 17.9 Å². The fourth-order valence-corrected chi connectivity index (χ4v) is 4.36. The Bertz CT molecular complexity index is 1190. The summed E-state index contributed by atoms with van der Waals surface area (Å²) in [6, 6.07) is 22.2. The second-order valence-electron chi connectivity index (χ2n) is 7.59. The molecule has 0 aliphatic heterocycles. The van der Waals surface area contributed by atoms with Crippen LogP contribution in [-0.2, 0) is 12.8 Å². The molecule has 6 heteroatoms. The molecule has 1 amide bonds. The number of fused-ring (bicyclic) bond motifs is 1. The lowest BCUT2D eigenvalue weighted by Crippen LogP contribution is -2.27. The van der Waals surface area contributed by atoms with Gasteiger partial charge >= 0.3 is 0 Å². The first-order valence-electron chi connectivity index (χ1n) is 10.2. The van der Waals surface area contributed by atoms with Crippen LogP contribution in [0.1, 0.15) is 34.3 Å². The summed E-state index contributed by atoms with van der Waals surface area (Å²) in [6.07, 6.45) is 0. The van der Waals surface area contributed by atoms with Crippen molar-refractivity contribution in [2.75, 3.05) is 6.54 Å². The van der Waals surface area contributed by atoms with Crippen molar-refractivity contribution < 1.29 is 9.18 Å². The zero-order valence-electron chi connectivity index (χ0n) is 17.5. The van der Waals surface area contributed by atoms with Gasteiger partial charge in [-0.25, -0.2) is 9.37 Å². The lowest BCUT2D eigenvalue weighted by atomic mass is 10.0. The number of aromatic nitrogens is 2. The number of benzene rings is 3. The highest BCUT2D eigenvalue weighted by atomic mass is 32.2. The van der Waals surface area contributed by atoms with E-state index in [4.69, 9.17) is 0 Å². The average Bonchev–Trinajstić information content (AvgIpc) is 3.12. The van der Waals surface area contributed by atoms with Gasteiger partial charge in [-0.1, -0.05) is 61.2 Å². The number of nitrogens with one attached hydrogen (secondary N) is 1. The van der Waals surface area contributed by atoms with Crippen LogP contribution < -0.4 is 5.32 Å². The Hall–Kier alpha value is -3.12. The number of carbonyl (C=O) groups excluding carboxylic acids is 1. The topological polar surface area (TPSA) is 46.9 Å². The molecule has 158 valence electrons. The highest BCUT2D eigenvalue weighted by molar-refractivity contribution is 7.98. The lowest BCUT2D eigenvalue weighted by Gasteiger charge is -2.13. The van der Waals surface area contributed by atoms with Gasteiger partial charge in [0.1, 0.15) is 5.82 Å². The molecule has 0 unspecified atom stereocenters. The molecule has 0 saturated carbocycles. The van der Waals surface area contributed by atoms with E-state index in [2.05, 4.69) is 29.4 Å². The molecule has 0 saturated heterocycles. The van der Waals surface area contributed by atoms with Gasteiger partial charge in [-0.3, -0.25) is 4.79 Å². The number of aryl methyl sites for hydroxylation is 1. The number of carbonyl (C=O) groups is 1. The van der Waals surface area contributed by atoms with Gasteiger partial charge < -0.3 is 9.88 Å². The van der Waals surface area contributed by atoms with Gasteiger partial charge in [-0.2, -0.15) is 0 Å². The van der Waals surface area contributed by atoms with Crippen LogP contribution in [0, 0.1) is 5.82 Å².